The van der Waals surface area contributed by atoms with Gasteiger partial charge in [0.2, 0.25) is 11.7 Å². The van der Waals surface area contributed by atoms with Crippen LogP contribution in [-0.4, -0.2) is 38.7 Å². The van der Waals surface area contributed by atoms with Gasteiger partial charge in [-0.1, -0.05) is 61.3 Å². The van der Waals surface area contributed by atoms with Crippen LogP contribution in [0.4, 0.5) is 4.79 Å². The number of esters is 1. The number of hydrogen-bond donors (Lipinski definition) is 1. The molecule has 1 heterocycles. The molecule has 0 fully saturated rings. The number of benzene rings is 2. The first kappa shape index (κ1) is 29.4. The second-order valence-electron chi connectivity index (χ2n) is 10.8. The molecule has 210 valence electrons. The Morgan fingerprint density at radius 3 is 1.77 bits per heavy atom. The van der Waals surface area contributed by atoms with Crippen molar-refractivity contribution in [2.75, 3.05) is 0 Å². The molecule has 40 heavy (non-hydrogen) atoms. The second kappa shape index (κ2) is 10.8. The van der Waals surface area contributed by atoms with Crippen LogP contribution in [0.5, 0.6) is 5.88 Å². The Labute approximate surface area is 243 Å². The molecule has 0 bridgehead atoms. The second-order valence-corrected chi connectivity index (χ2v) is 11.7. The summed E-state index contributed by atoms with van der Waals surface area (Å²) in [4.78, 5) is 41.3. The molecule has 1 aliphatic carbocycles. The summed E-state index contributed by atoms with van der Waals surface area (Å²) in [7, 11) is 0. The predicted octanol–water partition coefficient (Wildman–Crippen LogP) is 8.07. The predicted molar refractivity (Wildman–Crippen MR) is 155 cm³/mol. The lowest BCUT2D eigenvalue weighted by atomic mass is 9.98. The number of aromatic hydroxyl groups is 1. The van der Waals surface area contributed by atoms with Crippen LogP contribution in [0.25, 0.3) is 16.8 Å². The first-order valence-corrected chi connectivity index (χ1v) is 13.7. The number of halogens is 2. The molecule has 2 aromatic carbocycles. The molecular formula is C31H31Cl2NO6. The zero-order valence-electron chi connectivity index (χ0n) is 23.2. The Kier molecular flexibility index (Phi) is 7.94. The molecule has 0 saturated heterocycles. The van der Waals surface area contributed by atoms with E-state index in [4.69, 9.17) is 32.7 Å². The van der Waals surface area contributed by atoms with Gasteiger partial charge in [0.25, 0.3) is 0 Å². The highest BCUT2D eigenvalue weighted by Crippen LogP contribution is 2.49. The minimum atomic E-state index is -0.872. The molecule has 3 aromatic rings. The summed E-state index contributed by atoms with van der Waals surface area (Å²) in [5.74, 6) is -2.05. The van der Waals surface area contributed by atoms with Crippen LogP contribution < -0.4 is 0 Å². The molecule has 0 saturated carbocycles. The normalized spacial score (nSPS) is 13.4. The van der Waals surface area contributed by atoms with Gasteiger partial charge in [-0.15, -0.1) is 0 Å². The van der Waals surface area contributed by atoms with E-state index in [0.717, 1.165) is 4.57 Å². The average Bonchev–Trinajstić information content (AvgIpc) is 3.36. The minimum absolute atomic E-state index is 0.0164. The molecule has 0 unspecified atom stereocenters. The fraction of sp³-hybridized carbons (Fsp3) is 0.323. The molecule has 4 rings (SSSR count). The number of Topliss-reactive ketones (excluding diaryl/α,β-unsaturated/α-hetero) is 1. The number of rotatable bonds is 7. The smallest absolute Gasteiger partial charge is 0.421 e. The van der Waals surface area contributed by atoms with Gasteiger partial charge < -0.3 is 14.6 Å². The summed E-state index contributed by atoms with van der Waals surface area (Å²) >= 11 is 12.2. The van der Waals surface area contributed by atoms with Crippen molar-refractivity contribution in [3.63, 3.8) is 0 Å². The first-order chi connectivity index (χ1) is 18.7. The molecule has 1 N–H and O–H groups in total. The van der Waals surface area contributed by atoms with E-state index < -0.39 is 34.9 Å². The van der Waals surface area contributed by atoms with Gasteiger partial charge in [-0.2, -0.15) is 0 Å². The molecule has 1 aromatic heterocycles. The van der Waals surface area contributed by atoms with Gasteiger partial charge in [-0.05, 0) is 75.9 Å². The Morgan fingerprint density at radius 1 is 0.800 bits per heavy atom. The Bertz CT molecular complexity index is 1530. The number of carbonyl (C=O) groups excluding carboxylic acids is 3. The number of ether oxygens (including phenoxy) is 2. The van der Waals surface area contributed by atoms with Crippen molar-refractivity contribution in [2.45, 2.75) is 65.6 Å². The molecule has 7 nitrogen and oxygen atoms in total. The largest absolute Gasteiger partial charge is 0.494 e. The molecule has 1 aliphatic rings. The van der Waals surface area contributed by atoms with Crippen molar-refractivity contribution in [2.24, 2.45) is 0 Å². The third-order valence-corrected chi connectivity index (χ3v) is 7.68. The maximum absolute atomic E-state index is 14.2. The maximum Gasteiger partial charge on any atom is 0.421 e. The number of aromatic nitrogens is 1. The summed E-state index contributed by atoms with van der Waals surface area (Å²) in [6.07, 6.45) is 0.147. The topological polar surface area (TPSA) is 94.8 Å². The van der Waals surface area contributed by atoms with E-state index in [-0.39, 0.29) is 28.0 Å². The fourth-order valence-electron chi connectivity index (χ4n) is 4.27. The van der Waals surface area contributed by atoms with Gasteiger partial charge in [0.1, 0.15) is 16.8 Å². The van der Waals surface area contributed by atoms with E-state index in [1.165, 1.54) is 0 Å². The van der Waals surface area contributed by atoms with Crippen LogP contribution >= 0.6 is 23.2 Å². The molecule has 9 heteroatoms. The van der Waals surface area contributed by atoms with Crippen molar-refractivity contribution in [1.29, 1.82) is 0 Å². The number of ketones is 1. The number of fused-ring (bicyclic) bond motifs is 1. The Hall–Kier alpha value is -3.55. The van der Waals surface area contributed by atoms with Gasteiger partial charge in [0.15, 0.2) is 0 Å². The van der Waals surface area contributed by atoms with Crippen LogP contribution in [0.15, 0.2) is 54.1 Å². The van der Waals surface area contributed by atoms with Crippen LogP contribution in [0, 0.1) is 0 Å². The molecule has 0 atom stereocenters. The monoisotopic (exact) mass is 583 g/mol. The van der Waals surface area contributed by atoms with Gasteiger partial charge in [-0.25, -0.2) is 14.2 Å². The van der Waals surface area contributed by atoms with E-state index in [9.17, 15) is 19.5 Å². The van der Waals surface area contributed by atoms with Crippen LogP contribution in [0.2, 0.25) is 10.0 Å². The lowest BCUT2D eigenvalue weighted by molar-refractivity contribution is -0.151. The van der Waals surface area contributed by atoms with Gasteiger partial charge >= 0.3 is 12.1 Å². The highest BCUT2D eigenvalue weighted by molar-refractivity contribution is 6.37. The molecule has 0 spiro atoms. The lowest BCUT2D eigenvalue weighted by Crippen LogP contribution is -2.30. The summed E-state index contributed by atoms with van der Waals surface area (Å²) in [5.41, 5.74) is -0.851. The van der Waals surface area contributed by atoms with E-state index in [0.29, 0.717) is 34.0 Å². The standard InChI is InChI=1S/C31H31Cl2NO6/c1-7-30(3,4)39-28(37)24-21(17-9-13-19(32)14-10-17)22-23(26(24)35)25(18-11-15-20(33)16-12-18)34(27(22)36)29(38)40-31(5,6)8-2/h9-16,36H,7-8H2,1-6H3. The summed E-state index contributed by atoms with van der Waals surface area (Å²) in [6.45, 7) is 10.7. The van der Waals surface area contributed by atoms with Gasteiger partial charge in [0.05, 0.1) is 16.8 Å². The van der Waals surface area contributed by atoms with Crippen LogP contribution in [-0.2, 0) is 14.3 Å². The third kappa shape index (κ3) is 5.40. The Morgan fingerprint density at radius 2 is 1.27 bits per heavy atom. The number of carbonyl (C=O) groups is 3. The van der Waals surface area contributed by atoms with Crippen molar-refractivity contribution in [1.82, 2.24) is 4.57 Å². The summed E-state index contributed by atoms with van der Waals surface area (Å²) < 4.78 is 12.4. The van der Waals surface area contributed by atoms with Gasteiger partial charge in [0, 0.05) is 15.6 Å². The number of hydrogen-bond acceptors (Lipinski definition) is 6. The summed E-state index contributed by atoms with van der Waals surface area (Å²) in [5, 5.41) is 12.5. The third-order valence-electron chi connectivity index (χ3n) is 7.17. The fourth-order valence-corrected chi connectivity index (χ4v) is 4.52. The zero-order chi connectivity index (χ0) is 29.6. The Balaban J connectivity index is 2.05. The van der Waals surface area contributed by atoms with E-state index in [1.807, 2.05) is 13.8 Å². The highest BCUT2D eigenvalue weighted by atomic mass is 35.5. The number of nitrogens with zero attached hydrogens (tertiary/aromatic N) is 1. The van der Waals surface area contributed by atoms with Crippen LogP contribution in [0.1, 0.15) is 75.9 Å². The van der Waals surface area contributed by atoms with E-state index in [2.05, 4.69) is 0 Å². The molecule has 0 radical (unpaired) electrons. The zero-order valence-corrected chi connectivity index (χ0v) is 24.7. The quantitative estimate of drug-likeness (QED) is 0.223. The lowest BCUT2D eigenvalue weighted by Gasteiger charge is -2.25. The van der Waals surface area contributed by atoms with Crippen molar-refractivity contribution in [3.05, 3.63) is 80.8 Å². The van der Waals surface area contributed by atoms with Crippen molar-refractivity contribution < 1.29 is 29.0 Å². The SMILES string of the molecule is CCC(C)(C)OC(=O)C1=C(c2ccc(Cl)cc2)c2c(c(-c3ccc(Cl)cc3)n(C(=O)OC(C)(C)CC)c2O)C1=O. The van der Waals surface area contributed by atoms with Gasteiger partial charge in [-0.3, -0.25) is 4.79 Å². The molecule has 0 amide bonds. The summed E-state index contributed by atoms with van der Waals surface area (Å²) in [6, 6.07) is 12.9. The first-order valence-electron chi connectivity index (χ1n) is 13.0. The van der Waals surface area contributed by atoms with Crippen LogP contribution in [0.3, 0.4) is 0 Å². The molecule has 0 aliphatic heterocycles. The average molecular weight is 584 g/mol. The van der Waals surface area contributed by atoms with Crippen molar-refractivity contribution >= 4 is 46.6 Å². The van der Waals surface area contributed by atoms with E-state index in [1.54, 1.807) is 76.2 Å². The van der Waals surface area contributed by atoms with Crippen molar-refractivity contribution in [3.8, 4) is 17.1 Å². The maximum atomic E-state index is 14.2. The highest BCUT2D eigenvalue weighted by Gasteiger charge is 2.45. The molecular weight excluding hydrogens is 553 g/mol. The van der Waals surface area contributed by atoms with E-state index >= 15 is 0 Å². The minimum Gasteiger partial charge on any atom is -0.494 e.